The van der Waals surface area contributed by atoms with Gasteiger partial charge in [0.1, 0.15) is 5.69 Å². The van der Waals surface area contributed by atoms with Crippen molar-refractivity contribution in [1.82, 2.24) is 29.6 Å². The minimum absolute atomic E-state index is 0.250. The molecule has 0 aliphatic carbocycles. The number of morpholine rings is 1. The number of furan rings is 1. The van der Waals surface area contributed by atoms with E-state index in [0.717, 1.165) is 67.3 Å². The molecule has 178 valence electrons. The zero-order chi connectivity index (χ0) is 23.9. The molecule has 1 aliphatic rings. The van der Waals surface area contributed by atoms with E-state index < -0.39 is 0 Å². The number of nitrogens with zero attached hydrogens (tertiary/aromatic N) is 5. The number of aromatic amines is 1. The number of ether oxygens (including phenoxy) is 1. The van der Waals surface area contributed by atoms with Crippen LogP contribution >= 0.6 is 0 Å². The lowest BCUT2D eigenvalue weighted by Gasteiger charge is -2.26. The number of H-pyrrole nitrogens is 1. The highest BCUT2D eigenvalue weighted by atomic mass is 16.5. The number of aryl methyl sites for hydroxylation is 2. The first-order valence-electron chi connectivity index (χ1n) is 11.0. The lowest BCUT2D eigenvalue weighted by atomic mass is 10.2. The number of pyridine rings is 1. The molecule has 0 spiro atoms. The van der Waals surface area contributed by atoms with Gasteiger partial charge in [0.05, 0.1) is 25.5 Å². The number of hydrogen-bond donors (Lipinski definition) is 2. The Morgan fingerprint density at radius 1 is 1.09 bits per heavy atom. The Bertz CT molecular complexity index is 1190. The second kappa shape index (κ2) is 10.9. The molecule has 0 unspecified atom stereocenters. The van der Waals surface area contributed by atoms with Gasteiger partial charge in [-0.2, -0.15) is 5.10 Å². The molecule has 10 heteroatoms. The number of rotatable bonds is 6. The summed E-state index contributed by atoms with van der Waals surface area (Å²) in [6, 6.07) is 8.04. The normalized spacial score (nSPS) is 13.9. The van der Waals surface area contributed by atoms with E-state index >= 15 is 0 Å². The fourth-order valence-electron chi connectivity index (χ4n) is 3.92. The van der Waals surface area contributed by atoms with Crippen molar-refractivity contribution in [2.45, 2.75) is 26.9 Å². The number of aromatic nitrogens is 5. The summed E-state index contributed by atoms with van der Waals surface area (Å²) in [5.74, 6) is 2.24. The van der Waals surface area contributed by atoms with Crippen LogP contribution in [-0.4, -0.2) is 67.5 Å². The number of carboxylic acid groups (broad SMARTS) is 1. The van der Waals surface area contributed by atoms with Crippen LogP contribution in [0.25, 0.3) is 23.0 Å². The smallest absolute Gasteiger partial charge is 0.290 e. The molecule has 5 rings (SSSR count). The minimum Gasteiger partial charge on any atom is -0.483 e. The summed E-state index contributed by atoms with van der Waals surface area (Å²) >= 11 is 0. The van der Waals surface area contributed by atoms with E-state index in [1.807, 2.05) is 44.4 Å². The molecule has 0 bridgehead atoms. The molecule has 0 atom stereocenters. The van der Waals surface area contributed by atoms with Crippen molar-refractivity contribution in [2.75, 3.05) is 26.3 Å². The van der Waals surface area contributed by atoms with Gasteiger partial charge in [-0.1, -0.05) is 6.07 Å². The van der Waals surface area contributed by atoms with Gasteiger partial charge in [-0.15, -0.1) is 0 Å². The molecular formula is C24H28N6O4. The van der Waals surface area contributed by atoms with Crippen LogP contribution in [0.15, 0.2) is 47.3 Å². The van der Waals surface area contributed by atoms with E-state index in [-0.39, 0.29) is 6.47 Å². The highest BCUT2D eigenvalue weighted by Gasteiger charge is 2.16. The topological polar surface area (TPSA) is 122 Å². The average Bonchev–Trinajstić information content (AvgIpc) is 3.58. The van der Waals surface area contributed by atoms with Gasteiger partial charge in [-0.05, 0) is 37.6 Å². The van der Waals surface area contributed by atoms with Gasteiger partial charge in [0, 0.05) is 49.5 Å². The molecule has 5 heterocycles. The maximum atomic E-state index is 8.36. The largest absolute Gasteiger partial charge is 0.483 e. The molecule has 2 N–H and O–H groups in total. The van der Waals surface area contributed by atoms with Crippen molar-refractivity contribution < 1.29 is 19.1 Å². The van der Waals surface area contributed by atoms with Crippen molar-refractivity contribution in [3.63, 3.8) is 0 Å². The highest BCUT2D eigenvalue weighted by Crippen LogP contribution is 2.27. The molecule has 4 aromatic rings. The van der Waals surface area contributed by atoms with Gasteiger partial charge in [0.2, 0.25) is 0 Å². The van der Waals surface area contributed by atoms with Crippen LogP contribution in [0.5, 0.6) is 0 Å². The van der Waals surface area contributed by atoms with E-state index in [2.05, 4.69) is 35.7 Å². The molecule has 0 aromatic carbocycles. The molecule has 4 aromatic heterocycles. The Morgan fingerprint density at radius 3 is 2.53 bits per heavy atom. The van der Waals surface area contributed by atoms with Crippen molar-refractivity contribution >= 4 is 6.47 Å². The van der Waals surface area contributed by atoms with Gasteiger partial charge in [0.25, 0.3) is 6.47 Å². The van der Waals surface area contributed by atoms with Gasteiger partial charge in [-0.25, -0.2) is 4.98 Å². The van der Waals surface area contributed by atoms with Crippen molar-refractivity contribution in [3.05, 3.63) is 65.4 Å². The first kappa shape index (κ1) is 23.4. The van der Waals surface area contributed by atoms with E-state index in [1.54, 1.807) is 6.20 Å². The predicted octanol–water partition coefficient (Wildman–Crippen LogP) is 3.13. The van der Waals surface area contributed by atoms with Crippen LogP contribution in [0.3, 0.4) is 0 Å². The summed E-state index contributed by atoms with van der Waals surface area (Å²) in [4.78, 5) is 19.9. The summed E-state index contributed by atoms with van der Waals surface area (Å²) in [5, 5.41) is 14.2. The molecule has 0 saturated carbocycles. The summed E-state index contributed by atoms with van der Waals surface area (Å²) < 4.78 is 13.6. The lowest BCUT2D eigenvalue weighted by molar-refractivity contribution is -0.122. The van der Waals surface area contributed by atoms with Gasteiger partial charge < -0.3 is 18.8 Å². The Balaban J connectivity index is 0.000000868. The van der Waals surface area contributed by atoms with Crippen LogP contribution in [0, 0.1) is 13.8 Å². The molecule has 0 radical (unpaired) electrons. The SMILES string of the molecule is Cc1n[nH]c(C)c1Cn1ccnc1-c1ccc(-c2ccc(CN3CCOCC3)cn2)o1.O=CO. The zero-order valence-electron chi connectivity index (χ0n) is 19.3. The monoisotopic (exact) mass is 464 g/mol. The van der Waals surface area contributed by atoms with E-state index in [1.165, 1.54) is 11.1 Å². The van der Waals surface area contributed by atoms with Crippen molar-refractivity contribution in [3.8, 4) is 23.0 Å². The molecular weight excluding hydrogens is 436 g/mol. The van der Waals surface area contributed by atoms with E-state index in [4.69, 9.17) is 19.1 Å². The Morgan fingerprint density at radius 2 is 1.85 bits per heavy atom. The first-order valence-corrected chi connectivity index (χ1v) is 11.0. The number of nitrogens with one attached hydrogen (secondary N) is 1. The van der Waals surface area contributed by atoms with Crippen LogP contribution in [0.4, 0.5) is 0 Å². The third kappa shape index (κ3) is 5.41. The molecule has 1 fully saturated rings. The maximum absolute atomic E-state index is 8.36. The molecule has 0 amide bonds. The second-order valence-electron chi connectivity index (χ2n) is 8.00. The van der Waals surface area contributed by atoms with Gasteiger partial charge in [-0.3, -0.25) is 19.8 Å². The van der Waals surface area contributed by atoms with Crippen LogP contribution in [-0.2, 0) is 22.6 Å². The standard InChI is InChI=1S/C23H26N6O2.CH2O2/c1-16-19(17(2)27-26-16)15-29-8-7-24-23(29)22-6-5-21(31-22)20-4-3-18(13-25-20)14-28-9-11-30-12-10-28;2-1-3/h3-8,13H,9-12,14-15H2,1-2H3,(H,26,27);1H,(H,2,3). The fraction of sp³-hybridized carbons (Fsp3) is 0.333. The second-order valence-corrected chi connectivity index (χ2v) is 8.00. The Hall–Kier alpha value is -3.76. The predicted molar refractivity (Wildman–Crippen MR) is 125 cm³/mol. The third-order valence-electron chi connectivity index (χ3n) is 5.74. The quantitative estimate of drug-likeness (QED) is 0.417. The summed E-state index contributed by atoms with van der Waals surface area (Å²) in [7, 11) is 0. The average molecular weight is 465 g/mol. The van der Waals surface area contributed by atoms with Crippen LogP contribution in [0.2, 0.25) is 0 Å². The van der Waals surface area contributed by atoms with Gasteiger partial charge in [0.15, 0.2) is 17.3 Å². The Kier molecular flexibility index (Phi) is 7.51. The first-order chi connectivity index (χ1) is 16.6. The molecule has 1 saturated heterocycles. The highest BCUT2D eigenvalue weighted by molar-refractivity contribution is 5.58. The third-order valence-corrected chi connectivity index (χ3v) is 5.74. The molecule has 10 nitrogen and oxygen atoms in total. The molecule has 34 heavy (non-hydrogen) atoms. The summed E-state index contributed by atoms with van der Waals surface area (Å²) in [6.45, 7) is 8.91. The summed E-state index contributed by atoms with van der Waals surface area (Å²) in [6.07, 6.45) is 5.68. The van der Waals surface area contributed by atoms with Crippen LogP contribution < -0.4 is 0 Å². The number of imidazole rings is 1. The number of carbonyl (C=O) groups is 1. The Labute approximate surface area is 197 Å². The lowest BCUT2D eigenvalue weighted by Crippen LogP contribution is -2.35. The number of hydrogen-bond acceptors (Lipinski definition) is 7. The zero-order valence-corrected chi connectivity index (χ0v) is 19.3. The van der Waals surface area contributed by atoms with Gasteiger partial charge >= 0.3 is 0 Å². The van der Waals surface area contributed by atoms with Crippen molar-refractivity contribution in [2.24, 2.45) is 0 Å². The molecule has 1 aliphatic heterocycles. The van der Waals surface area contributed by atoms with E-state index in [9.17, 15) is 0 Å². The van der Waals surface area contributed by atoms with E-state index in [0.29, 0.717) is 6.54 Å². The summed E-state index contributed by atoms with van der Waals surface area (Å²) in [5.41, 5.74) is 5.25. The van der Waals surface area contributed by atoms with Crippen LogP contribution in [0.1, 0.15) is 22.5 Å². The maximum Gasteiger partial charge on any atom is 0.290 e. The fourth-order valence-corrected chi connectivity index (χ4v) is 3.92. The van der Waals surface area contributed by atoms with Crippen molar-refractivity contribution in [1.29, 1.82) is 0 Å². The minimum atomic E-state index is -0.250.